The van der Waals surface area contributed by atoms with Gasteiger partial charge in [-0.15, -0.1) is 0 Å². The Hall–Kier alpha value is -1.66. The number of hydrogen-bond donors (Lipinski definition) is 1. The van der Waals surface area contributed by atoms with Gasteiger partial charge in [-0.1, -0.05) is 11.3 Å². The van der Waals surface area contributed by atoms with Crippen LogP contribution in [0.5, 0.6) is 0 Å². The van der Waals surface area contributed by atoms with E-state index >= 15 is 0 Å². The van der Waals surface area contributed by atoms with E-state index in [9.17, 15) is 4.79 Å². The van der Waals surface area contributed by atoms with Crippen LogP contribution in [0.15, 0.2) is 18.2 Å². The third-order valence-corrected chi connectivity index (χ3v) is 3.46. The van der Waals surface area contributed by atoms with Crippen LogP contribution in [0.25, 0.3) is 10.2 Å². The first-order chi connectivity index (χ1) is 9.24. The SMILES string of the molecule is CCOC(=O)c1ccc2nc(NCCOC)sc2c1. The Morgan fingerprint density at radius 1 is 1.47 bits per heavy atom. The molecule has 0 aliphatic heterocycles. The molecule has 0 amide bonds. The van der Waals surface area contributed by atoms with Crippen molar-refractivity contribution in [1.82, 2.24) is 4.98 Å². The molecule has 2 aromatic rings. The fraction of sp³-hybridized carbons (Fsp3) is 0.385. The summed E-state index contributed by atoms with van der Waals surface area (Å²) in [7, 11) is 1.66. The molecule has 0 saturated heterocycles. The molecule has 0 radical (unpaired) electrons. The number of carbonyl (C=O) groups excluding carboxylic acids is 1. The Balaban J connectivity index is 2.16. The molecular formula is C13H16N2O3S. The Labute approximate surface area is 115 Å². The van der Waals surface area contributed by atoms with Crippen molar-refractivity contribution in [2.45, 2.75) is 6.92 Å². The molecule has 0 bridgehead atoms. The van der Waals surface area contributed by atoms with E-state index in [1.54, 1.807) is 20.1 Å². The summed E-state index contributed by atoms with van der Waals surface area (Å²) in [6.07, 6.45) is 0. The molecule has 1 aromatic carbocycles. The lowest BCUT2D eigenvalue weighted by atomic mass is 10.2. The maximum absolute atomic E-state index is 11.6. The number of benzene rings is 1. The molecule has 1 N–H and O–H groups in total. The molecule has 0 unspecified atom stereocenters. The number of thiazole rings is 1. The van der Waals surface area contributed by atoms with Crippen LogP contribution in [-0.2, 0) is 9.47 Å². The van der Waals surface area contributed by atoms with Gasteiger partial charge in [-0.25, -0.2) is 9.78 Å². The van der Waals surface area contributed by atoms with E-state index in [1.807, 2.05) is 12.1 Å². The molecule has 0 spiro atoms. The van der Waals surface area contributed by atoms with Gasteiger partial charge in [-0.05, 0) is 25.1 Å². The molecule has 1 aromatic heterocycles. The van der Waals surface area contributed by atoms with Crippen molar-refractivity contribution < 1.29 is 14.3 Å². The van der Waals surface area contributed by atoms with Crippen molar-refractivity contribution in [2.75, 3.05) is 32.2 Å². The lowest BCUT2D eigenvalue weighted by Crippen LogP contribution is -2.06. The first kappa shape index (κ1) is 13.8. The Kier molecular flexibility index (Phi) is 4.70. The van der Waals surface area contributed by atoms with Gasteiger partial charge < -0.3 is 14.8 Å². The average Bonchev–Trinajstić information content (AvgIpc) is 2.81. The summed E-state index contributed by atoms with van der Waals surface area (Å²) in [5.74, 6) is -0.299. The van der Waals surface area contributed by atoms with E-state index in [0.717, 1.165) is 15.3 Å². The zero-order valence-corrected chi connectivity index (χ0v) is 11.8. The van der Waals surface area contributed by atoms with Gasteiger partial charge in [0.15, 0.2) is 5.13 Å². The summed E-state index contributed by atoms with van der Waals surface area (Å²) in [5, 5.41) is 4.00. The van der Waals surface area contributed by atoms with Gasteiger partial charge in [0.05, 0.1) is 29.0 Å². The van der Waals surface area contributed by atoms with E-state index in [-0.39, 0.29) is 5.97 Å². The molecule has 19 heavy (non-hydrogen) atoms. The fourth-order valence-electron chi connectivity index (χ4n) is 1.60. The summed E-state index contributed by atoms with van der Waals surface area (Å²) in [4.78, 5) is 16.1. The van der Waals surface area contributed by atoms with Gasteiger partial charge in [0.25, 0.3) is 0 Å². The van der Waals surface area contributed by atoms with Crippen molar-refractivity contribution in [3.63, 3.8) is 0 Å². The van der Waals surface area contributed by atoms with E-state index in [1.165, 1.54) is 11.3 Å². The first-order valence-electron chi connectivity index (χ1n) is 6.05. The third kappa shape index (κ3) is 3.42. The maximum atomic E-state index is 11.6. The number of hydrogen-bond acceptors (Lipinski definition) is 6. The average molecular weight is 280 g/mol. The van der Waals surface area contributed by atoms with E-state index in [0.29, 0.717) is 25.3 Å². The number of nitrogens with zero attached hydrogens (tertiary/aromatic N) is 1. The zero-order chi connectivity index (χ0) is 13.7. The number of fused-ring (bicyclic) bond motifs is 1. The van der Waals surface area contributed by atoms with E-state index in [4.69, 9.17) is 9.47 Å². The van der Waals surface area contributed by atoms with Crippen LogP contribution >= 0.6 is 11.3 Å². The highest BCUT2D eigenvalue weighted by molar-refractivity contribution is 7.22. The normalized spacial score (nSPS) is 10.6. The van der Waals surface area contributed by atoms with Crippen LogP contribution < -0.4 is 5.32 Å². The maximum Gasteiger partial charge on any atom is 0.338 e. The Bertz CT molecular complexity index is 568. The van der Waals surface area contributed by atoms with Gasteiger partial charge in [0.1, 0.15) is 0 Å². The minimum absolute atomic E-state index is 0.299. The predicted molar refractivity (Wildman–Crippen MR) is 75.9 cm³/mol. The highest BCUT2D eigenvalue weighted by atomic mass is 32.1. The molecular weight excluding hydrogens is 264 g/mol. The number of nitrogens with one attached hydrogen (secondary N) is 1. The van der Waals surface area contributed by atoms with Crippen LogP contribution in [0, 0.1) is 0 Å². The Morgan fingerprint density at radius 2 is 2.32 bits per heavy atom. The highest BCUT2D eigenvalue weighted by Gasteiger charge is 2.09. The summed E-state index contributed by atoms with van der Waals surface area (Å²) in [6.45, 7) is 3.51. The molecule has 0 atom stereocenters. The molecule has 1 heterocycles. The summed E-state index contributed by atoms with van der Waals surface area (Å²) >= 11 is 1.51. The Morgan fingerprint density at radius 3 is 3.05 bits per heavy atom. The number of aromatic nitrogens is 1. The second-order valence-electron chi connectivity index (χ2n) is 3.84. The van der Waals surface area contributed by atoms with Gasteiger partial charge >= 0.3 is 5.97 Å². The lowest BCUT2D eigenvalue weighted by Gasteiger charge is -2.00. The summed E-state index contributed by atoms with van der Waals surface area (Å²) in [5.41, 5.74) is 1.43. The highest BCUT2D eigenvalue weighted by Crippen LogP contribution is 2.26. The van der Waals surface area contributed by atoms with Crippen molar-refractivity contribution >= 4 is 32.7 Å². The smallest absolute Gasteiger partial charge is 0.338 e. The van der Waals surface area contributed by atoms with Gasteiger partial charge in [-0.3, -0.25) is 0 Å². The molecule has 0 aliphatic carbocycles. The second-order valence-corrected chi connectivity index (χ2v) is 4.87. The first-order valence-corrected chi connectivity index (χ1v) is 6.86. The standard InChI is InChI=1S/C13H16N2O3S/c1-3-18-12(16)9-4-5-10-11(8-9)19-13(15-10)14-6-7-17-2/h4-5,8H,3,6-7H2,1-2H3,(H,14,15). The van der Waals surface area contributed by atoms with Crippen LogP contribution in [0.4, 0.5) is 5.13 Å². The fourth-order valence-corrected chi connectivity index (χ4v) is 2.53. The molecule has 0 fully saturated rings. The molecule has 0 saturated carbocycles. The van der Waals surface area contributed by atoms with Crippen molar-refractivity contribution in [3.8, 4) is 0 Å². The topological polar surface area (TPSA) is 60.5 Å². The number of esters is 1. The number of anilines is 1. The number of ether oxygens (including phenoxy) is 2. The van der Waals surface area contributed by atoms with Crippen LogP contribution in [0.2, 0.25) is 0 Å². The van der Waals surface area contributed by atoms with E-state index < -0.39 is 0 Å². The molecule has 0 aliphatic rings. The summed E-state index contributed by atoms with van der Waals surface area (Å²) in [6, 6.07) is 5.38. The largest absolute Gasteiger partial charge is 0.462 e. The molecule has 6 heteroatoms. The van der Waals surface area contributed by atoms with Gasteiger partial charge in [-0.2, -0.15) is 0 Å². The summed E-state index contributed by atoms with van der Waals surface area (Å²) < 4.78 is 10.9. The zero-order valence-electron chi connectivity index (χ0n) is 10.9. The minimum atomic E-state index is -0.299. The number of methoxy groups -OCH3 is 1. The molecule has 2 rings (SSSR count). The van der Waals surface area contributed by atoms with E-state index in [2.05, 4.69) is 10.3 Å². The van der Waals surface area contributed by atoms with Gasteiger partial charge in [0.2, 0.25) is 0 Å². The molecule has 102 valence electrons. The monoisotopic (exact) mass is 280 g/mol. The van der Waals surface area contributed by atoms with Crippen molar-refractivity contribution in [3.05, 3.63) is 23.8 Å². The van der Waals surface area contributed by atoms with Crippen LogP contribution in [0.3, 0.4) is 0 Å². The van der Waals surface area contributed by atoms with Crippen LogP contribution in [0.1, 0.15) is 17.3 Å². The van der Waals surface area contributed by atoms with Crippen molar-refractivity contribution in [2.24, 2.45) is 0 Å². The van der Waals surface area contributed by atoms with Gasteiger partial charge in [0, 0.05) is 13.7 Å². The predicted octanol–water partition coefficient (Wildman–Crippen LogP) is 2.53. The lowest BCUT2D eigenvalue weighted by molar-refractivity contribution is 0.0526. The molecule has 5 nitrogen and oxygen atoms in total. The van der Waals surface area contributed by atoms with Crippen molar-refractivity contribution in [1.29, 1.82) is 0 Å². The number of carbonyl (C=O) groups is 1. The van der Waals surface area contributed by atoms with Crippen LogP contribution in [-0.4, -0.2) is 37.8 Å². The third-order valence-electron chi connectivity index (χ3n) is 2.48. The minimum Gasteiger partial charge on any atom is -0.462 e. The second kappa shape index (κ2) is 6.49. The number of rotatable bonds is 6. The quantitative estimate of drug-likeness (QED) is 0.651.